The first-order valence-electron chi connectivity index (χ1n) is 8.20. The van der Waals surface area contributed by atoms with Gasteiger partial charge in [0.05, 0.1) is 17.3 Å². The number of ether oxygens (including phenoxy) is 1. The molecule has 0 aliphatic carbocycles. The fourth-order valence-electron chi connectivity index (χ4n) is 2.15. The zero-order chi connectivity index (χ0) is 15.5. The van der Waals surface area contributed by atoms with E-state index >= 15 is 0 Å². The predicted molar refractivity (Wildman–Crippen MR) is 90.0 cm³/mol. The molecule has 1 heterocycles. The van der Waals surface area contributed by atoms with Crippen molar-refractivity contribution in [2.24, 2.45) is 5.92 Å². The first-order valence-corrected chi connectivity index (χ1v) is 8.57. The minimum absolute atomic E-state index is 0.615. The molecule has 1 atom stereocenters. The lowest BCUT2D eigenvalue weighted by atomic mass is 10.0. The number of pyridine rings is 1. The van der Waals surface area contributed by atoms with E-state index in [9.17, 15) is 0 Å². The number of halogens is 1. The van der Waals surface area contributed by atoms with Crippen molar-refractivity contribution in [3.63, 3.8) is 0 Å². The highest BCUT2D eigenvalue weighted by Gasteiger charge is 2.09. The summed E-state index contributed by atoms with van der Waals surface area (Å²) in [7, 11) is 0. The number of hydrogen-bond acceptors (Lipinski definition) is 3. The summed E-state index contributed by atoms with van der Waals surface area (Å²) in [6.45, 7) is 8.99. The molecule has 0 aliphatic rings. The molecule has 0 aliphatic heterocycles. The third kappa shape index (κ3) is 7.14. The molecule has 0 amide bonds. The van der Waals surface area contributed by atoms with E-state index in [1.54, 1.807) is 0 Å². The van der Waals surface area contributed by atoms with Crippen LogP contribution >= 0.6 is 11.6 Å². The molecule has 0 fully saturated rings. The third-order valence-electron chi connectivity index (χ3n) is 3.62. The van der Waals surface area contributed by atoms with Crippen molar-refractivity contribution in [3.8, 4) is 5.88 Å². The van der Waals surface area contributed by atoms with Gasteiger partial charge in [0, 0.05) is 12.6 Å². The molecule has 0 aromatic carbocycles. The van der Waals surface area contributed by atoms with Gasteiger partial charge < -0.3 is 10.1 Å². The minimum Gasteiger partial charge on any atom is -0.477 e. The summed E-state index contributed by atoms with van der Waals surface area (Å²) in [5.41, 5.74) is 0.865. The van der Waals surface area contributed by atoms with E-state index in [1.165, 1.54) is 19.3 Å². The standard InChI is InChI=1S/C17H29ClN2O/c1-4-7-8-14(6-3)13-21-17-10-9-15(18)16(20-17)12-19-11-5-2/h9-10,14,19H,4-8,11-13H2,1-3H3. The summed E-state index contributed by atoms with van der Waals surface area (Å²) in [6.07, 6.45) is 5.98. The topological polar surface area (TPSA) is 34.1 Å². The number of unbranched alkanes of at least 4 members (excludes halogenated alkanes) is 1. The lowest BCUT2D eigenvalue weighted by molar-refractivity contribution is 0.225. The average molecular weight is 313 g/mol. The SMILES string of the molecule is CCCCC(CC)COc1ccc(Cl)c(CNCCC)n1. The molecule has 1 N–H and O–H groups in total. The van der Waals surface area contributed by atoms with Crippen LogP contribution < -0.4 is 10.1 Å². The van der Waals surface area contributed by atoms with E-state index in [-0.39, 0.29) is 0 Å². The van der Waals surface area contributed by atoms with Gasteiger partial charge >= 0.3 is 0 Å². The summed E-state index contributed by atoms with van der Waals surface area (Å²) in [6, 6.07) is 3.73. The van der Waals surface area contributed by atoms with Gasteiger partial charge in [-0.3, -0.25) is 0 Å². The molecule has 0 saturated heterocycles. The Labute approximate surface area is 134 Å². The van der Waals surface area contributed by atoms with E-state index in [4.69, 9.17) is 16.3 Å². The molecule has 0 spiro atoms. The highest BCUT2D eigenvalue weighted by atomic mass is 35.5. The van der Waals surface area contributed by atoms with Crippen molar-refractivity contribution in [1.29, 1.82) is 0 Å². The molecule has 1 aromatic rings. The van der Waals surface area contributed by atoms with Crippen LogP contribution in [-0.4, -0.2) is 18.1 Å². The van der Waals surface area contributed by atoms with Crippen LogP contribution in [0, 0.1) is 5.92 Å². The van der Waals surface area contributed by atoms with Crippen LogP contribution in [0.2, 0.25) is 5.02 Å². The summed E-state index contributed by atoms with van der Waals surface area (Å²) in [5, 5.41) is 4.02. The number of rotatable bonds is 11. The fraction of sp³-hybridized carbons (Fsp3) is 0.706. The Hall–Kier alpha value is -0.800. The Kier molecular flexibility index (Phi) is 9.44. The van der Waals surface area contributed by atoms with E-state index in [2.05, 4.69) is 31.1 Å². The summed E-state index contributed by atoms with van der Waals surface area (Å²) in [4.78, 5) is 4.51. The van der Waals surface area contributed by atoms with Gasteiger partial charge in [0.1, 0.15) is 0 Å². The normalized spacial score (nSPS) is 12.4. The van der Waals surface area contributed by atoms with Gasteiger partial charge in [0.15, 0.2) is 0 Å². The molecule has 120 valence electrons. The first kappa shape index (κ1) is 18.2. The Balaban J connectivity index is 2.52. The van der Waals surface area contributed by atoms with Crippen LogP contribution in [0.5, 0.6) is 5.88 Å². The molecule has 1 unspecified atom stereocenters. The number of hydrogen-bond donors (Lipinski definition) is 1. The second-order valence-electron chi connectivity index (χ2n) is 5.48. The van der Waals surface area contributed by atoms with Crippen LogP contribution in [0.1, 0.15) is 58.6 Å². The Bertz CT molecular complexity index is 398. The molecular weight excluding hydrogens is 284 g/mol. The third-order valence-corrected chi connectivity index (χ3v) is 3.97. The summed E-state index contributed by atoms with van der Waals surface area (Å²) >= 11 is 6.18. The molecule has 0 bridgehead atoms. The zero-order valence-corrected chi connectivity index (χ0v) is 14.4. The number of nitrogens with zero attached hydrogens (tertiary/aromatic N) is 1. The molecule has 0 radical (unpaired) electrons. The largest absolute Gasteiger partial charge is 0.477 e. The van der Waals surface area contributed by atoms with E-state index in [1.807, 2.05) is 12.1 Å². The Morgan fingerprint density at radius 2 is 2.05 bits per heavy atom. The van der Waals surface area contributed by atoms with Crippen molar-refractivity contribution in [2.45, 2.75) is 59.4 Å². The highest BCUT2D eigenvalue weighted by Crippen LogP contribution is 2.20. The minimum atomic E-state index is 0.615. The van der Waals surface area contributed by atoms with Gasteiger partial charge in [-0.15, -0.1) is 0 Å². The lowest BCUT2D eigenvalue weighted by Crippen LogP contribution is -2.16. The molecule has 1 aromatic heterocycles. The van der Waals surface area contributed by atoms with Gasteiger partial charge in [-0.25, -0.2) is 4.98 Å². The van der Waals surface area contributed by atoms with E-state index in [0.717, 1.165) is 31.7 Å². The highest BCUT2D eigenvalue weighted by molar-refractivity contribution is 6.31. The first-order chi connectivity index (χ1) is 10.2. The maximum Gasteiger partial charge on any atom is 0.213 e. The monoisotopic (exact) mass is 312 g/mol. The van der Waals surface area contributed by atoms with Crippen LogP contribution in [0.15, 0.2) is 12.1 Å². The van der Waals surface area contributed by atoms with Gasteiger partial charge in [0.2, 0.25) is 5.88 Å². The van der Waals surface area contributed by atoms with Gasteiger partial charge in [-0.1, -0.05) is 51.6 Å². The Morgan fingerprint density at radius 1 is 1.24 bits per heavy atom. The van der Waals surface area contributed by atoms with E-state index < -0.39 is 0 Å². The summed E-state index contributed by atoms with van der Waals surface area (Å²) in [5.74, 6) is 1.30. The predicted octanol–water partition coefficient (Wildman–Crippen LogP) is 4.83. The van der Waals surface area contributed by atoms with Crippen LogP contribution in [0.3, 0.4) is 0 Å². The number of aromatic nitrogens is 1. The van der Waals surface area contributed by atoms with Gasteiger partial charge in [-0.05, 0) is 31.4 Å². The lowest BCUT2D eigenvalue weighted by Gasteiger charge is -2.15. The van der Waals surface area contributed by atoms with Crippen molar-refractivity contribution in [1.82, 2.24) is 10.3 Å². The van der Waals surface area contributed by atoms with Crippen LogP contribution in [-0.2, 0) is 6.54 Å². The molecule has 4 heteroatoms. The molecule has 21 heavy (non-hydrogen) atoms. The maximum absolute atomic E-state index is 6.18. The second-order valence-corrected chi connectivity index (χ2v) is 5.89. The zero-order valence-electron chi connectivity index (χ0n) is 13.6. The van der Waals surface area contributed by atoms with Crippen molar-refractivity contribution in [3.05, 3.63) is 22.8 Å². The number of nitrogens with one attached hydrogen (secondary N) is 1. The fourth-order valence-corrected chi connectivity index (χ4v) is 2.33. The van der Waals surface area contributed by atoms with Gasteiger partial charge in [-0.2, -0.15) is 0 Å². The molecule has 0 saturated carbocycles. The van der Waals surface area contributed by atoms with Crippen molar-refractivity contribution in [2.75, 3.05) is 13.2 Å². The second kappa shape index (κ2) is 10.9. The molecule has 1 rings (SSSR count). The smallest absolute Gasteiger partial charge is 0.213 e. The van der Waals surface area contributed by atoms with Crippen molar-refractivity contribution < 1.29 is 4.74 Å². The van der Waals surface area contributed by atoms with Crippen LogP contribution in [0.25, 0.3) is 0 Å². The average Bonchev–Trinajstić information content (AvgIpc) is 2.50. The van der Waals surface area contributed by atoms with Crippen molar-refractivity contribution >= 4 is 11.6 Å². The Morgan fingerprint density at radius 3 is 2.71 bits per heavy atom. The molecular formula is C17H29ClN2O. The maximum atomic E-state index is 6.18. The molecule has 3 nitrogen and oxygen atoms in total. The quantitative estimate of drug-likeness (QED) is 0.594. The van der Waals surface area contributed by atoms with E-state index in [0.29, 0.717) is 23.4 Å². The summed E-state index contributed by atoms with van der Waals surface area (Å²) < 4.78 is 5.86. The van der Waals surface area contributed by atoms with Gasteiger partial charge in [0.25, 0.3) is 0 Å². The van der Waals surface area contributed by atoms with Crippen LogP contribution in [0.4, 0.5) is 0 Å².